The number of ketones is 2. The molecule has 170 valence electrons. The zero-order valence-corrected chi connectivity index (χ0v) is 20.1. The Morgan fingerprint density at radius 2 is 1.94 bits per heavy atom. The van der Waals surface area contributed by atoms with Gasteiger partial charge in [-0.2, -0.15) is 0 Å². The molecule has 0 amide bonds. The van der Waals surface area contributed by atoms with Crippen molar-refractivity contribution in [2.24, 2.45) is 34.5 Å². The lowest BCUT2D eigenvalue weighted by molar-refractivity contribution is -0.131. The summed E-state index contributed by atoms with van der Waals surface area (Å²) < 4.78 is 0. The highest BCUT2D eigenvalue weighted by Crippen LogP contribution is 2.72. The Morgan fingerprint density at radius 1 is 1.12 bits per heavy atom. The minimum atomic E-state index is 0.124. The van der Waals surface area contributed by atoms with Crippen molar-refractivity contribution >= 4 is 17.3 Å². The Morgan fingerprint density at radius 3 is 2.69 bits per heavy atom. The van der Waals surface area contributed by atoms with Gasteiger partial charge in [-0.15, -0.1) is 0 Å². The van der Waals surface area contributed by atoms with Gasteiger partial charge < -0.3 is 4.90 Å². The molecule has 1 spiro atoms. The lowest BCUT2D eigenvalue weighted by Crippen LogP contribution is -2.57. The van der Waals surface area contributed by atoms with Crippen LogP contribution in [0.5, 0.6) is 0 Å². The fourth-order valence-electron chi connectivity index (χ4n) is 9.54. The number of fused-ring (bicyclic) bond motifs is 4. The lowest BCUT2D eigenvalue weighted by Gasteiger charge is -2.64. The van der Waals surface area contributed by atoms with E-state index in [4.69, 9.17) is 0 Å². The molecule has 5 aliphatic rings. The minimum absolute atomic E-state index is 0.124. The van der Waals surface area contributed by atoms with Crippen LogP contribution >= 0.6 is 0 Å². The summed E-state index contributed by atoms with van der Waals surface area (Å²) in [5.74, 6) is 3.47. The number of benzene rings is 1. The quantitative estimate of drug-likeness (QED) is 0.601. The summed E-state index contributed by atoms with van der Waals surface area (Å²) >= 11 is 0. The number of carbonyl (C=O) groups is 2. The molecule has 2 unspecified atom stereocenters. The van der Waals surface area contributed by atoms with Gasteiger partial charge in [-0.25, -0.2) is 0 Å². The second-order valence-corrected chi connectivity index (χ2v) is 12.1. The number of nitrogens with zero attached hydrogens (tertiary/aromatic N) is 1. The first-order valence-corrected chi connectivity index (χ1v) is 12.8. The van der Waals surface area contributed by atoms with E-state index < -0.39 is 0 Å². The summed E-state index contributed by atoms with van der Waals surface area (Å²) in [6.07, 6.45) is 10.6. The van der Waals surface area contributed by atoms with Gasteiger partial charge in [0.1, 0.15) is 5.78 Å². The Hall–Kier alpha value is -1.90. The Kier molecular flexibility index (Phi) is 4.40. The van der Waals surface area contributed by atoms with Gasteiger partial charge in [0.25, 0.3) is 0 Å². The molecule has 3 saturated carbocycles. The third-order valence-corrected chi connectivity index (χ3v) is 10.7. The smallest absolute Gasteiger partial charge is 0.155 e. The van der Waals surface area contributed by atoms with Gasteiger partial charge >= 0.3 is 0 Å². The maximum atomic E-state index is 12.7. The number of carbonyl (C=O) groups excluding carboxylic acids is 2. The molecule has 32 heavy (non-hydrogen) atoms. The first-order chi connectivity index (χ1) is 15.2. The zero-order chi connectivity index (χ0) is 22.4. The van der Waals surface area contributed by atoms with Crippen LogP contribution in [-0.4, -0.2) is 25.7 Å². The molecule has 5 aliphatic carbocycles. The van der Waals surface area contributed by atoms with Crippen LogP contribution in [0, 0.1) is 34.5 Å². The van der Waals surface area contributed by atoms with Crippen LogP contribution in [-0.2, 0) is 16.0 Å². The summed E-state index contributed by atoms with van der Waals surface area (Å²) in [5.41, 5.74) is 6.06. The van der Waals surface area contributed by atoms with E-state index in [9.17, 15) is 9.59 Å². The van der Waals surface area contributed by atoms with Gasteiger partial charge in [0.05, 0.1) is 0 Å². The Labute approximate surface area is 192 Å². The van der Waals surface area contributed by atoms with E-state index in [0.29, 0.717) is 41.7 Å². The van der Waals surface area contributed by atoms with Crippen LogP contribution in [0.15, 0.2) is 29.8 Å². The molecular weight excluding hydrogens is 394 g/mol. The molecule has 0 radical (unpaired) electrons. The van der Waals surface area contributed by atoms with E-state index in [0.717, 1.165) is 32.1 Å². The summed E-state index contributed by atoms with van der Waals surface area (Å²) in [4.78, 5) is 27.4. The topological polar surface area (TPSA) is 37.4 Å². The third kappa shape index (κ3) is 2.60. The molecule has 0 aliphatic heterocycles. The molecule has 0 aromatic heterocycles. The predicted molar refractivity (Wildman–Crippen MR) is 128 cm³/mol. The molecule has 1 aromatic carbocycles. The summed E-state index contributed by atoms with van der Waals surface area (Å²) in [7, 11) is 4.24. The van der Waals surface area contributed by atoms with Crippen molar-refractivity contribution in [1.82, 2.24) is 0 Å². The van der Waals surface area contributed by atoms with E-state index in [-0.39, 0.29) is 16.7 Å². The van der Waals surface area contributed by atoms with Crippen LogP contribution in [0.25, 0.3) is 0 Å². The maximum Gasteiger partial charge on any atom is 0.155 e. The molecule has 3 heteroatoms. The standard InChI is InChI=1S/C29H37NO2/c1-17(31)25-9-10-26-23-7-5-19-14-21(32)11-12-29(19)15-18-13-20(30(3)4)6-8-22(18)24(27(23)29)16-28(25,26)2/h6,8,13-14,23-27H,5,7,9-12,15-16H2,1-4H3/t23-,24?,25+,26-,27?,28+,29+/m0/s1. The average molecular weight is 432 g/mol. The van der Waals surface area contributed by atoms with Crippen molar-refractivity contribution in [2.45, 2.75) is 71.1 Å². The number of rotatable bonds is 2. The van der Waals surface area contributed by atoms with Crippen LogP contribution in [0.2, 0.25) is 0 Å². The first kappa shape index (κ1) is 20.7. The van der Waals surface area contributed by atoms with Gasteiger partial charge in [0.2, 0.25) is 0 Å². The van der Waals surface area contributed by atoms with E-state index in [1.165, 1.54) is 29.7 Å². The van der Waals surface area contributed by atoms with E-state index in [1.807, 2.05) is 6.92 Å². The van der Waals surface area contributed by atoms with E-state index in [1.54, 1.807) is 5.56 Å². The number of allylic oxidation sites excluding steroid dienone is 1. The fraction of sp³-hybridized carbons (Fsp3) is 0.655. The highest BCUT2D eigenvalue weighted by atomic mass is 16.1. The van der Waals surface area contributed by atoms with Crippen LogP contribution < -0.4 is 4.90 Å². The first-order valence-electron chi connectivity index (χ1n) is 12.8. The van der Waals surface area contributed by atoms with Crippen molar-refractivity contribution in [3.63, 3.8) is 0 Å². The second-order valence-electron chi connectivity index (χ2n) is 12.1. The summed E-state index contributed by atoms with van der Waals surface area (Å²) in [5, 5.41) is 0. The van der Waals surface area contributed by atoms with Crippen molar-refractivity contribution in [3.8, 4) is 0 Å². The highest BCUT2D eigenvalue weighted by molar-refractivity contribution is 5.91. The molecule has 0 heterocycles. The third-order valence-electron chi connectivity index (χ3n) is 10.7. The molecular formula is C29H37NO2. The van der Waals surface area contributed by atoms with E-state index in [2.05, 4.69) is 50.2 Å². The molecule has 3 nitrogen and oxygen atoms in total. The predicted octanol–water partition coefficient (Wildman–Crippen LogP) is 5.72. The molecule has 3 fully saturated rings. The van der Waals surface area contributed by atoms with Crippen LogP contribution in [0.3, 0.4) is 0 Å². The molecule has 0 saturated heterocycles. The van der Waals surface area contributed by atoms with Crippen molar-refractivity contribution in [1.29, 1.82) is 0 Å². The summed E-state index contributed by atoms with van der Waals surface area (Å²) in [6, 6.07) is 7.12. The highest BCUT2D eigenvalue weighted by Gasteiger charge is 2.65. The minimum Gasteiger partial charge on any atom is -0.378 e. The Balaban J connectivity index is 1.54. The largest absolute Gasteiger partial charge is 0.378 e. The molecule has 6 rings (SSSR count). The molecule has 1 aromatic rings. The van der Waals surface area contributed by atoms with Gasteiger partial charge in [-0.1, -0.05) is 18.6 Å². The van der Waals surface area contributed by atoms with Gasteiger partial charge in [0.15, 0.2) is 5.78 Å². The number of hydrogen-bond donors (Lipinski definition) is 0. The normalized spacial score (nSPS) is 41.7. The zero-order valence-electron chi connectivity index (χ0n) is 20.1. The fourth-order valence-corrected chi connectivity index (χ4v) is 9.54. The Bertz CT molecular complexity index is 1040. The van der Waals surface area contributed by atoms with Gasteiger partial charge in [0, 0.05) is 32.1 Å². The van der Waals surface area contributed by atoms with Gasteiger partial charge in [-0.3, -0.25) is 9.59 Å². The summed E-state index contributed by atoms with van der Waals surface area (Å²) in [6.45, 7) is 4.29. The van der Waals surface area contributed by atoms with E-state index >= 15 is 0 Å². The van der Waals surface area contributed by atoms with Crippen molar-refractivity contribution in [2.75, 3.05) is 19.0 Å². The van der Waals surface area contributed by atoms with Gasteiger partial charge in [-0.05, 0) is 116 Å². The number of hydrogen-bond acceptors (Lipinski definition) is 3. The molecule has 0 bridgehead atoms. The van der Waals surface area contributed by atoms with Crippen LogP contribution in [0.4, 0.5) is 5.69 Å². The molecule has 7 atom stereocenters. The monoisotopic (exact) mass is 431 g/mol. The van der Waals surface area contributed by atoms with Crippen LogP contribution in [0.1, 0.15) is 75.8 Å². The number of Topliss-reactive ketones (excluding diaryl/α,β-unsaturated/α-hetero) is 1. The second kappa shape index (κ2) is 6.81. The number of anilines is 1. The SMILES string of the molecule is CC(=O)[C@H]1CC[C@H]2[C@@H]3CCC4=CC(=O)CC[C@@]45Cc4cc(N(C)C)ccc4C(C[C@]12C)C35. The lowest BCUT2D eigenvalue weighted by atomic mass is 9.40. The van der Waals surface area contributed by atoms with Crippen molar-refractivity contribution in [3.05, 3.63) is 41.0 Å². The van der Waals surface area contributed by atoms with Crippen molar-refractivity contribution < 1.29 is 9.59 Å². The molecule has 0 N–H and O–H groups in total. The maximum absolute atomic E-state index is 12.7. The average Bonchev–Trinajstić information content (AvgIpc) is 3.10.